The largest absolute Gasteiger partial charge is 0.453 e. The molecule has 2 aliphatic heterocycles. The lowest BCUT2D eigenvalue weighted by atomic mass is 10.1. The van der Waals surface area contributed by atoms with Gasteiger partial charge in [-0.15, -0.1) is 10.2 Å². The Hall–Kier alpha value is -3.25. The van der Waals surface area contributed by atoms with Crippen LogP contribution in [0.4, 0.5) is 0 Å². The van der Waals surface area contributed by atoms with Crippen LogP contribution < -0.4 is 10.6 Å². The van der Waals surface area contributed by atoms with Crippen molar-refractivity contribution in [3.8, 4) is 0 Å². The zero-order chi connectivity index (χ0) is 16.7. The van der Waals surface area contributed by atoms with Crippen molar-refractivity contribution in [3.63, 3.8) is 0 Å². The third-order valence-corrected chi connectivity index (χ3v) is 3.96. The van der Waals surface area contributed by atoms with E-state index in [0.29, 0.717) is 36.0 Å². The second-order valence-electron chi connectivity index (χ2n) is 5.38. The predicted octanol–water partition coefficient (Wildman–Crippen LogP) is -0.580. The van der Waals surface area contributed by atoms with Crippen molar-refractivity contribution in [1.29, 1.82) is 0 Å². The summed E-state index contributed by atoms with van der Waals surface area (Å²) in [5.41, 5.74) is 0.334. The highest BCUT2D eigenvalue weighted by Gasteiger charge is 2.53. The Balaban J connectivity index is 1.64. The Morgan fingerprint density at radius 1 is 1.32 bits per heavy atom. The summed E-state index contributed by atoms with van der Waals surface area (Å²) >= 11 is 0. The molecular weight excluding hydrogens is 332 g/mol. The van der Waals surface area contributed by atoms with Crippen molar-refractivity contribution in [2.24, 2.45) is 0 Å². The smallest absolute Gasteiger partial charge is 0.267 e. The fourth-order valence-electron chi connectivity index (χ4n) is 2.89. The van der Waals surface area contributed by atoms with Gasteiger partial charge in [-0.3, -0.25) is 10.4 Å². The van der Waals surface area contributed by atoms with Crippen molar-refractivity contribution in [3.05, 3.63) is 42.1 Å². The fourth-order valence-corrected chi connectivity index (χ4v) is 2.89. The molecule has 0 aromatic carbocycles. The van der Waals surface area contributed by atoms with Crippen LogP contribution in [0.15, 0.2) is 33.9 Å². The molecule has 1 saturated heterocycles. The third-order valence-electron chi connectivity index (χ3n) is 3.96. The summed E-state index contributed by atoms with van der Waals surface area (Å²) < 4.78 is 22.1. The SMILES string of the molecule is c1cc(C2(C3NCCO3)NC(c3nnco3)=C(c3cnon3)O2)[nH]n1. The molecule has 0 bridgehead atoms. The first-order valence-electron chi connectivity index (χ1n) is 7.47. The first-order chi connectivity index (χ1) is 12.4. The minimum absolute atomic E-state index is 0.234. The minimum Gasteiger partial charge on any atom is -0.453 e. The minimum atomic E-state index is -1.13. The maximum atomic E-state index is 6.28. The van der Waals surface area contributed by atoms with Crippen molar-refractivity contribution >= 4 is 11.5 Å². The van der Waals surface area contributed by atoms with Crippen LogP contribution in [0.2, 0.25) is 0 Å². The van der Waals surface area contributed by atoms with Gasteiger partial charge >= 0.3 is 0 Å². The van der Waals surface area contributed by atoms with Crippen LogP contribution in [0, 0.1) is 0 Å². The van der Waals surface area contributed by atoms with E-state index in [-0.39, 0.29) is 5.89 Å². The quantitative estimate of drug-likeness (QED) is 0.558. The molecule has 3 N–H and O–H groups in total. The van der Waals surface area contributed by atoms with E-state index in [9.17, 15) is 0 Å². The van der Waals surface area contributed by atoms with Gasteiger partial charge in [-0.1, -0.05) is 5.16 Å². The van der Waals surface area contributed by atoms with Gasteiger partial charge < -0.3 is 19.2 Å². The Morgan fingerprint density at radius 3 is 3.00 bits per heavy atom. The van der Waals surface area contributed by atoms with Crippen molar-refractivity contribution in [2.45, 2.75) is 12.0 Å². The lowest BCUT2D eigenvalue weighted by Gasteiger charge is -2.33. The molecule has 3 aromatic heterocycles. The van der Waals surface area contributed by atoms with Crippen molar-refractivity contribution in [1.82, 2.24) is 41.3 Å². The first-order valence-corrected chi connectivity index (χ1v) is 7.47. The molecule has 0 amide bonds. The van der Waals surface area contributed by atoms with E-state index < -0.39 is 12.0 Å². The monoisotopic (exact) mass is 344 g/mol. The van der Waals surface area contributed by atoms with Crippen LogP contribution in [0.25, 0.3) is 11.5 Å². The number of nitrogens with one attached hydrogen (secondary N) is 3. The second-order valence-corrected chi connectivity index (χ2v) is 5.38. The number of aromatic amines is 1. The van der Waals surface area contributed by atoms with Gasteiger partial charge in [-0.05, 0) is 11.2 Å². The topological polar surface area (TPSA) is 149 Å². The molecule has 2 unspecified atom stereocenters. The van der Waals surface area contributed by atoms with Gasteiger partial charge in [-0.2, -0.15) is 5.10 Å². The molecule has 0 saturated carbocycles. The highest BCUT2D eigenvalue weighted by atomic mass is 16.6. The van der Waals surface area contributed by atoms with E-state index in [0.717, 1.165) is 0 Å². The van der Waals surface area contributed by atoms with Crippen molar-refractivity contribution in [2.75, 3.05) is 13.2 Å². The molecule has 5 rings (SSSR count). The van der Waals surface area contributed by atoms with E-state index in [1.807, 2.05) is 0 Å². The lowest BCUT2D eigenvalue weighted by Crippen LogP contribution is -2.54. The van der Waals surface area contributed by atoms with Gasteiger partial charge in [0, 0.05) is 12.7 Å². The number of nitrogens with zero attached hydrogens (tertiary/aromatic N) is 5. The molecule has 0 radical (unpaired) electrons. The van der Waals surface area contributed by atoms with Crippen LogP contribution in [0.1, 0.15) is 17.3 Å². The molecule has 0 spiro atoms. The average molecular weight is 344 g/mol. The molecule has 5 heterocycles. The Kier molecular flexibility index (Phi) is 3.05. The van der Waals surface area contributed by atoms with Crippen molar-refractivity contribution < 1.29 is 18.5 Å². The van der Waals surface area contributed by atoms with E-state index in [1.165, 1.54) is 12.6 Å². The number of rotatable bonds is 4. The number of ether oxygens (including phenoxy) is 2. The van der Waals surface area contributed by atoms with E-state index >= 15 is 0 Å². The summed E-state index contributed by atoms with van der Waals surface area (Å²) in [6, 6.07) is 1.78. The Morgan fingerprint density at radius 2 is 2.32 bits per heavy atom. The highest BCUT2D eigenvalue weighted by Crippen LogP contribution is 2.42. The Bertz CT molecular complexity index is 821. The molecular formula is C13H12N8O4. The molecule has 128 valence electrons. The summed E-state index contributed by atoms with van der Waals surface area (Å²) in [5, 5.41) is 28.6. The van der Waals surface area contributed by atoms with Gasteiger partial charge in [-0.25, -0.2) is 4.63 Å². The second kappa shape index (κ2) is 5.39. The molecule has 12 nitrogen and oxygen atoms in total. The molecule has 2 atom stereocenters. The van der Waals surface area contributed by atoms with Gasteiger partial charge in [0.25, 0.3) is 11.6 Å². The summed E-state index contributed by atoms with van der Waals surface area (Å²) in [4.78, 5) is 0. The lowest BCUT2D eigenvalue weighted by molar-refractivity contribution is -0.101. The van der Waals surface area contributed by atoms with Gasteiger partial charge in [0.2, 0.25) is 6.39 Å². The fraction of sp³-hybridized carbons (Fsp3) is 0.308. The highest BCUT2D eigenvalue weighted by molar-refractivity contribution is 5.85. The standard InChI is InChI=1S/C13H12N8O4/c1-2-15-19-8(1)13(12-14-3-4-22-12)18-9(11-20-16-6-23-11)10(24-13)7-5-17-25-21-7/h1-2,5-6,12,14,18H,3-4H2,(H,15,19). The van der Waals surface area contributed by atoms with Gasteiger partial charge in [0.15, 0.2) is 17.7 Å². The third kappa shape index (κ3) is 2.11. The summed E-state index contributed by atoms with van der Waals surface area (Å²) in [7, 11) is 0. The molecule has 1 fully saturated rings. The predicted molar refractivity (Wildman–Crippen MR) is 77.6 cm³/mol. The maximum Gasteiger partial charge on any atom is 0.267 e. The van der Waals surface area contributed by atoms with Crippen LogP contribution in [0.3, 0.4) is 0 Å². The molecule has 3 aromatic rings. The maximum absolute atomic E-state index is 6.28. The summed E-state index contributed by atoms with van der Waals surface area (Å²) in [6.45, 7) is 1.23. The Labute approximate surface area is 139 Å². The van der Waals surface area contributed by atoms with E-state index in [1.54, 1.807) is 12.3 Å². The number of aromatic nitrogens is 6. The zero-order valence-electron chi connectivity index (χ0n) is 12.7. The van der Waals surface area contributed by atoms with E-state index in [4.69, 9.17) is 18.5 Å². The summed E-state index contributed by atoms with van der Waals surface area (Å²) in [6.07, 6.45) is 3.78. The average Bonchev–Trinajstić information content (AvgIpc) is 3.49. The zero-order valence-corrected chi connectivity index (χ0v) is 12.7. The molecule has 12 heteroatoms. The number of H-pyrrole nitrogens is 1. The van der Waals surface area contributed by atoms with Crippen LogP contribution >= 0.6 is 0 Å². The molecule has 2 aliphatic rings. The number of hydrogen-bond donors (Lipinski definition) is 3. The van der Waals surface area contributed by atoms with Crippen LogP contribution in [0.5, 0.6) is 0 Å². The molecule has 0 aliphatic carbocycles. The van der Waals surface area contributed by atoms with Gasteiger partial charge in [0.05, 0.1) is 6.61 Å². The van der Waals surface area contributed by atoms with Crippen LogP contribution in [-0.4, -0.2) is 50.1 Å². The van der Waals surface area contributed by atoms with Crippen LogP contribution in [-0.2, 0) is 15.2 Å². The first kappa shape index (κ1) is 14.1. The number of hydrogen-bond acceptors (Lipinski definition) is 11. The van der Waals surface area contributed by atoms with E-state index in [2.05, 4.69) is 41.3 Å². The molecule has 25 heavy (non-hydrogen) atoms. The summed E-state index contributed by atoms with van der Waals surface area (Å²) in [5.74, 6) is 0.579. The van der Waals surface area contributed by atoms with Gasteiger partial charge in [0.1, 0.15) is 17.6 Å². The normalized spacial score (nSPS) is 26.0.